The molecule has 1 aromatic heterocycles. The van der Waals surface area contributed by atoms with Crippen molar-refractivity contribution >= 4 is 23.1 Å². The molecule has 0 radical (unpaired) electrons. The molecule has 1 N–H and O–H groups in total. The number of rotatable bonds is 6. The van der Waals surface area contributed by atoms with Crippen molar-refractivity contribution in [2.75, 3.05) is 6.54 Å². The van der Waals surface area contributed by atoms with Crippen LogP contribution < -0.4 is 5.32 Å². The maximum Gasteiger partial charge on any atom is 0.124 e. The molecule has 0 fully saturated rings. The molecule has 0 aliphatic carbocycles. The SMILES string of the molecule is CCNC(Cc1ccc(F)cc1Cl)c1snnc1C(C)C. The highest BCUT2D eigenvalue weighted by Crippen LogP contribution is 2.30. The molecule has 1 aromatic carbocycles. The lowest BCUT2D eigenvalue weighted by molar-refractivity contribution is 0.548. The Morgan fingerprint density at radius 1 is 1.38 bits per heavy atom. The van der Waals surface area contributed by atoms with Gasteiger partial charge in [-0.25, -0.2) is 4.39 Å². The topological polar surface area (TPSA) is 37.8 Å². The molecule has 1 heterocycles. The van der Waals surface area contributed by atoms with Gasteiger partial charge in [-0.1, -0.05) is 42.9 Å². The van der Waals surface area contributed by atoms with Gasteiger partial charge in [-0.15, -0.1) is 5.10 Å². The van der Waals surface area contributed by atoms with Crippen LogP contribution in [0.15, 0.2) is 18.2 Å². The van der Waals surface area contributed by atoms with Crippen molar-refractivity contribution in [3.05, 3.63) is 45.2 Å². The normalized spacial score (nSPS) is 12.9. The Kier molecular flexibility index (Phi) is 5.67. The Hall–Kier alpha value is -1.04. The highest BCUT2D eigenvalue weighted by atomic mass is 35.5. The second kappa shape index (κ2) is 7.29. The summed E-state index contributed by atoms with van der Waals surface area (Å²) < 4.78 is 17.2. The van der Waals surface area contributed by atoms with Gasteiger partial charge in [0.2, 0.25) is 0 Å². The molecule has 1 atom stereocenters. The number of hydrogen-bond donors (Lipinski definition) is 1. The Labute approximate surface area is 133 Å². The van der Waals surface area contributed by atoms with Gasteiger partial charge in [0.15, 0.2) is 0 Å². The summed E-state index contributed by atoms with van der Waals surface area (Å²) in [5.74, 6) is 0.00896. The molecule has 0 aliphatic rings. The summed E-state index contributed by atoms with van der Waals surface area (Å²) in [7, 11) is 0. The molecule has 114 valence electrons. The summed E-state index contributed by atoms with van der Waals surface area (Å²) in [4.78, 5) is 1.13. The Balaban J connectivity index is 2.28. The van der Waals surface area contributed by atoms with Crippen LogP contribution in [-0.2, 0) is 6.42 Å². The van der Waals surface area contributed by atoms with E-state index in [1.165, 1.54) is 23.7 Å². The fourth-order valence-electron chi connectivity index (χ4n) is 2.26. The summed E-state index contributed by atoms with van der Waals surface area (Å²) in [5.41, 5.74) is 1.94. The van der Waals surface area contributed by atoms with E-state index in [9.17, 15) is 4.39 Å². The maximum atomic E-state index is 13.2. The van der Waals surface area contributed by atoms with Gasteiger partial charge in [-0.05, 0) is 48.1 Å². The van der Waals surface area contributed by atoms with E-state index in [2.05, 4.69) is 35.7 Å². The summed E-state index contributed by atoms with van der Waals surface area (Å²) in [6.07, 6.45) is 0.691. The molecule has 2 aromatic rings. The average molecular weight is 328 g/mol. The van der Waals surface area contributed by atoms with Crippen molar-refractivity contribution in [2.24, 2.45) is 0 Å². The van der Waals surface area contributed by atoms with E-state index < -0.39 is 0 Å². The van der Waals surface area contributed by atoms with Crippen molar-refractivity contribution in [1.29, 1.82) is 0 Å². The van der Waals surface area contributed by atoms with Crippen molar-refractivity contribution in [1.82, 2.24) is 14.9 Å². The second-order valence-corrected chi connectivity index (χ2v) is 6.42. The molecule has 0 saturated carbocycles. The van der Waals surface area contributed by atoms with Crippen molar-refractivity contribution < 1.29 is 4.39 Å². The average Bonchev–Trinajstić information content (AvgIpc) is 2.90. The zero-order valence-corrected chi connectivity index (χ0v) is 13.9. The summed E-state index contributed by atoms with van der Waals surface area (Å²) in [5, 5.41) is 8.14. The molecule has 0 spiro atoms. The molecule has 0 bridgehead atoms. The summed E-state index contributed by atoms with van der Waals surface area (Å²) >= 11 is 7.56. The molecule has 0 aliphatic heterocycles. The molecule has 2 rings (SSSR count). The van der Waals surface area contributed by atoms with Crippen LogP contribution in [0.1, 0.15) is 48.9 Å². The second-order valence-electron chi connectivity index (χ2n) is 5.23. The van der Waals surface area contributed by atoms with Gasteiger partial charge in [0.05, 0.1) is 10.6 Å². The van der Waals surface area contributed by atoms with Crippen LogP contribution in [0, 0.1) is 5.82 Å². The van der Waals surface area contributed by atoms with Crippen LogP contribution in [-0.4, -0.2) is 16.1 Å². The van der Waals surface area contributed by atoms with Gasteiger partial charge in [0.25, 0.3) is 0 Å². The molecule has 0 amide bonds. The lowest BCUT2D eigenvalue weighted by atomic mass is 10.00. The lowest BCUT2D eigenvalue weighted by Crippen LogP contribution is -2.23. The van der Waals surface area contributed by atoms with Gasteiger partial charge < -0.3 is 5.32 Å². The van der Waals surface area contributed by atoms with E-state index in [4.69, 9.17) is 11.6 Å². The third-order valence-corrected chi connectivity index (χ3v) is 4.50. The standard InChI is InChI=1S/C15H19ClFN3S/c1-4-18-13(15-14(9(2)3)19-20-21-15)7-10-5-6-11(17)8-12(10)16/h5-6,8-9,13,18H,4,7H2,1-3H3. The third-order valence-electron chi connectivity index (χ3n) is 3.29. The number of aromatic nitrogens is 2. The van der Waals surface area contributed by atoms with Crippen molar-refractivity contribution in [3.8, 4) is 0 Å². The molecular weight excluding hydrogens is 309 g/mol. The van der Waals surface area contributed by atoms with E-state index in [1.54, 1.807) is 6.07 Å². The fraction of sp³-hybridized carbons (Fsp3) is 0.467. The molecule has 3 nitrogen and oxygen atoms in total. The zero-order chi connectivity index (χ0) is 15.4. The van der Waals surface area contributed by atoms with Crippen LogP contribution in [0.4, 0.5) is 4.39 Å². The Morgan fingerprint density at radius 2 is 2.14 bits per heavy atom. The third kappa shape index (κ3) is 3.99. The molecule has 21 heavy (non-hydrogen) atoms. The van der Waals surface area contributed by atoms with Crippen LogP contribution >= 0.6 is 23.1 Å². The maximum absolute atomic E-state index is 13.2. The molecule has 1 unspecified atom stereocenters. The fourth-order valence-corrected chi connectivity index (χ4v) is 3.38. The molecule has 0 saturated heterocycles. The number of nitrogens with zero attached hydrogens (tertiary/aromatic N) is 2. The Morgan fingerprint density at radius 3 is 2.76 bits per heavy atom. The first-order chi connectivity index (χ1) is 10.0. The lowest BCUT2D eigenvalue weighted by Gasteiger charge is -2.19. The van der Waals surface area contributed by atoms with Gasteiger partial charge >= 0.3 is 0 Å². The summed E-state index contributed by atoms with van der Waals surface area (Å²) in [6, 6.07) is 4.63. The van der Waals surface area contributed by atoms with Gasteiger partial charge in [0.1, 0.15) is 5.82 Å². The molecular formula is C15H19ClFN3S. The first-order valence-corrected chi connectivity index (χ1v) is 8.17. The predicted molar refractivity (Wildman–Crippen MR) is 85.5 cm³/mol. The smallest absolute Gasteiger partial charge is 0.124 e. The van der Waals surface area contributed by atoms with Crippen LogP contribution in [0.5, 0.6) is 0 Å². The minimum atomic E-state index is -0.314. The minimum absolute atomic E-state index is 0.0929. The monoisotopic (exact) mass is 327 g/mol. The van der Waals surface area contributed by atoms with E-state index in [0.29, 0.717) is 17.4 Å². The highest BCUT2D eigenvalue weighted by Gasteiger charge is 2.21. The largest absolute Gasteiger partial charge is 0.309 e. The number of halogens is 2. The van der Waals surface area contributed by atoms with Gasteiger partial charge in [-0.3, -0.25) is 0 Å². The zero-order valence-electron chi connectivity index (χ0n) is 12.4. The van der Waals surface area contributed by atoms with Crippen LogP contribution in [0.3, 0.4) is 0 Å². The molecule has 6 heteroatoms. The number of hydrogen-bond acceptors (Lipinski definition) is 4. The minimum Gasteiger partial charge on any atom is -0.309 e. The van der Waals surface area contributed by atoms with Gasteiger partial charge in [0, 0.05) is 11.1 Å². The first kappa shape index (κ1) is 16.3. The number of likely N-dealkylation sites (N-methyl/N-ethyl adjacent to an activating group) is 1. The quantitative estimate of drug-likeness (QED) is 0.857. The highest BCUT2D eigenvalue weighted by molar-refractivity contribution is 7.05. The van der Waals surface area contributed by atoms with E-state index >= 15 is 0 Å². The van der Waals surface area contributed by atoms with E-state index in [0.717, 1.165) is 22.7 Å². The van der Waals surface area contributed by atoms with Crippen LogP contribution in [0.2, 0.25) is 5.02 Å². The Bertz CT molecular complexity index is 600. The summed E-state index contributed by atoms with van der Waals surface area (Å²) in [6.45, 7) is 7.10. The van der Waals surface area contributed by atoms with E-state index in [-0.39, 0.29) is 11.9 Å². The van der Waals surface area contributed by atoms with Crippen LogP contribution in [0.25, 0.3) is 0 Å². The van der Waals surface area contributed by atoms with E-state index in [1.807, 2.05) is 0 Å². The number of benzene rings is 1. The van der Waals surface area contributed by atoms with Crippen molar-refractivity contribution in [3.63, 3.8) is 0 Å². The number of nitrogens with one attached hydrogen (secondary N) is 1. The first-order valence-electron chi connectivity index (χ1n) is 7.02. The van der Waals surface area contributed by atoms with Crippen molar-refractivity contribution in [2.45, 2.75) is 39.2 Å². The van der Waals surface area contributed by atoms with Gasteiger partial charge in [-0.2, -0.15) is 0 Å². The predicted octanol–water partition coefficient (Wildman–Crippen LogP) is 4.35.